The molecule has 1 N–H and O–H groups in total. The Morgan fingerprint density at radius 3 is 2.36 bits per heavy atom. The van der Waals surface area contributed by atoms with Crippen molar-refractivity contribution in [3.05, 3.63) is 58.7 Å². The van der Waals surface area contributed by atoms with Gasteiger partial charge in [0.1, 0.15) is 0 Å². The van der Waals surface area contributed by atoms with E-state index in [-0.39, 0.29) is 5.91 Å². The molecule has 0 spiro atoms. The molecule has 2 heterocycles. The van der Waals surface area contributed by atoms with Crippen molar-refractivity contribution < 1.29 is 4.79 Å². The molecule has 6 heteroatoms. The number of hydrogen-bond acceptors (Lipinski definition) is 5. The highest BCUT2D eigenvalue weighted by Crippen LogP contribution is 2.31. The molecule has 0 unspecified atom stereocenters. The second kappa shape index (κ2) is 7.03. The lowest BCUT2D eigenvalue weighted by atomic mass is 10.0. The van der Waals surface area contributed by atoms with Gasteiger partial charge in [0.2, 0.25) is 0 Å². The number of amides is 1. The minimum Gasteiger partial charge on any atom is -0.377 e. The van der Waals surface area contributed by atoms with Gasteiger partial charge in [-0.05, 0) is 49.2 Å². The highest BCUT2D eigenvalue weighted by atomic mass is 32.1. The fourth-order valence-electron chi connectivity index (χ4n) is 2.95. The first-order valence-corrected chi connectivity index (χ1v) is 8.79. The van der Waals surface area contributed by atoms with Crippen LogP contribution in [0.3, 0.4) is 0 Å². The van der Waals surface area contributed by atoms with Crippen molar-refractivity contribution in [2.45, 2.75) is 13.8 Å². The Morgan fingerprint density at radius 1 is 1.12 bits per heavy atom. The molecular formula is C19H20N4OS. The van der Waals surface area contributed by atoms with Crippen LogP contribution in [0.25, 0.3) is 11.3 Å². The number of nitrogens with one attached hydrogen (secondary N) is 1. The Hall–Kier alpha value is -2.73. The van der Waals surface area contributed by atoms with Gasteiger partial charge in [0.05, 0.1) is 5.69 Å². The molecule has 0 aliphatic heterocycles. The third-order valence-corrected chi connectivity index (χ3v) is 4.66. The smallest absolute Gasteiger partial charge is 0.257 e. The number of aryl methyl sites for hydroxylation is 2. The third kappa shape index (κ3) is 3.69. The van der Waals surface area contributed by atoms with Crippen LogP contribution in [0.15, 0.2) is 42.0 Å². The zero-order chi connectivity index (χ0) is 18.0. The van der Waals surface area contributed by atoms with Crippen LogP contribution in [0.2, 0.25) is 0 Å². The maximum Gasteiger partial charge on any atom is 0.257 e. The van der Waals surface area contributed by atoms with E-state index in [0.29, 0.717) is 10.7 Å². The third-order valence-electron chi connectivity index (χ3n) is 3.90. The number of carbonyl (C=O) groups is 1. The van der Waals surface area contributed by atoms with Crippen LogP contribution in [-0.2, 0) is 0 Å². The Labute approximate surface area is 151 Å². The van der Waals surface area contributed by atoms with E-state index < -0.39 is 0 Å². The predicted octanol–water partition coefficient (Wildman–Crippen LogP) is 4.14. The van der Waals surface area contributed by atoms with Crippen LogP contribution in [0.4, 0.5) is 10.8 Å². The Balaban J connectivity index is 1.83. The standard InChI is InChI=1S/C19H20N4OS/c1-12-9-15(10-13(2)17(12)23(3)4)16-11-25-19(21-16)22-18(24)14-5-7-20-8-6-14/h5-11H,1-4H3,(H,21,22,24). The molecule has 0 atom stereocenters. The molecule has 0 aliphatic rings. The summed E-state index contributed by atoms with van der Waals surface area (Å²) < 4.78 is 0. The highest BCUT2D eigenvalue weighted by molar-refractivity contribution is 7.14. The minimum absolute atomic E-state index is 0.182. The summed E-state index contributed by atoms with van der Waals surface area (Å²) >= 11 is 1.42. The molecule has 3 rings (SSSR count). The van der Waals surface area contributed by atoms with Crippen molar-refractivity contribution in [3.8, 4) is 11.3 Å². The summed E-state index contributed by atoms with van der Waals surface area (Å²) in [7, 11) is 4.09. The maximum absolute atomic E-state index is 12.2. The summed E-state index contributed by atoms with van der Waals surface area (Å²) in [5, 5.41) is 5.39. The second-order valence-electron chi connectivity index (χ2n) is 6.08. The Morgan fingerprint density at radius 2 is 1.76 bits per heavy atom. The van der Waals surface area contributed by atoms with Gasteiger partial charge in [-0.2, -0.15) is 0 Å². The van der Waals surface area contributed by atoms with Crippen molar-refractivity contribution in [3.63, 3.8) is 0 Å². The lowest BCUT2D eigenvalue weighted by Crippen LogP contribution is -2.12. The topological polar surface area (TPSA) is 58.1 Å². The van der Waals surface area contributed by atoms with Gasteiger partial charge in [-0.15, -0.1) is 11.3 Å². The first kappa shape index (κ1) is 17.1. The van der Waals surface area contributed by atoms with Crippen LogP contribution in [0.5, 0.6) is 0 Å². The van der Waals surface area contributed by atoms with Gasteiger partial charge < -0.3 is 4.90 Å². The summed E-state index contributed by atoms with van der Waals surface area (Å²) in [4.78, 5) is 22.8. The number of rotatable bonds is 4. The number of nitrogens with zero attached hydrogens (tertiary/aromatic N) is 3. The van der Waals surface area contributed by atoms with E-state index in [1.807, 2.05) is 19.5 Å². The number of aromatic nitrogens is 2. The van der Waals surface area contributed by atoms with Crippen molar-refractivity contribution in [1.29, 1.82) is 0 Å². The van der Waals surface area contributed by atoms with Gasteiger partial charge in [0.25, 0.3) is 5.91 Å². The number of benzene rings is 1. The van der Waals surface area contributed by atoms with Gasteiger partial charge in [-0.1, -0.05) is 0 Å². The molecule has 128 valence electrons. The van der Waals surface area contributed by atoms with Crippen molar-refractivity contribution in [2.24, 2.45) is 0 Å². The molecule has 25 heavy (non-hydrogen) atoms. The van der Waals surface area contributed by atoms with E-state index in [1.54, 1.807) is 24.5 Å². The Kier molecular flexibility index (Phi) is 4.81. The number of carbonyl (C=O) groups excluding carboxylic acids is 1. The molecule has 5 nitrogen and oxygen atoms in total. The van der Waals surface area contributed by atoms with Gasteiger partial charge >= 0.3 is 0 Å². The van der Waals surface area contributed by atoms with Crippen LogP contribution in [-0.4, -0.2) is 30.0 Å². The van der Waals surface area contributed by atoms with Gasteiger partial charge in [0.15, 0.2) is 5.13 Å². The monoisotopic (exact) mass is 352 g/mol. The normalized spacial score (nSPS) is 10.6. The van der Waals surface area contributed by atoms with Gasteiger partial charge in [0, 0.05) is 48.7 Å². The molecule has 1 amide bonds. The summed E-state index contributed by atoms with van der Waals surface area (Å²) in [6.07, 6.45) is 3.19. The average molecular weight is 352 g/mol. The molecular weight excluding hydrogens is 332 g/mol. The summed E-state index contributed by atoms with van der Waals surface area (Å²) in [5.74, 6) is -0.182. The Bertz CT molecular complexity index is 880. The van der Waals surface area contributed by atoms with E-state index in [2.05, 4.69) is 46.2 Å². The molecule has 0 radical (unpaired) electrons. The van der Waals surface area contributed by atoms with E-state index in [9.17, 15) is 4.79 Å². The van der Waals surface area contributed by atoms with E-state index in [0.717, 1.165) is 11.3 Å². The molecule has 3 aromatic rings. The summed E-state index contributed by atoms with van der Waals surface area (Å²) in [5.41, 5.74) is 6.12. The molecule has 0 bridgehead atoms. The maximum atomic E-state index is 12.2. The highest BCUT2D eigenvalue weighted by Gasteiger charge is 2.12. The lowest BCUT2D eigenvalue weighted by Gasteiger charge is -2.19. The predicted molar refractivity (Wildman–Crippen MR) is 104 cm³/mol. The second-order valence-corrected chi connectivity index (χ2v) is 6.94. The van der Waals surface area contributed by atoms with E-state index in [1.165, 1.54) is 28.2 Å². The largest absolute Gasteiger partial charge is 0.377 e. The summed E-state index contributed by atoms with van der Waals surface area (Å²) in [6, 6.07) is 7.62. The number of thiazole rings is 1. The SMILES string of the molecule is Cc1cc(-c2csc(NC(=O)c3ccncc3)n2)cc(C)c1N(C)C. The molecule has 0 saturated heterocycles. The number of anilines is 2. The summed E-state index contributed by atoms with van der Waals surface area (Å²) in [6.45, 7) is 4.20. The molecule has 2 aromatic heterocycles. The van der Waals surface area contributed by atoms with Crippen molar-refractivity contribution >= 4 is 28.1 Å². The number of hydrogen-bond donors (Lipinski definition) is 1. The van der Waals surface area contributed by atoms with Gasteiger partial charge in [-0.3, -0.25) is 15.1 Å². The number of pyridine rings is 1. The zero-order valence-electron chi connectivity index (χ0n) is 14.7. The van der Waals surface area contributed by atoms with Gasteiger partial charge in [-0.25, -0.2) is 4.98 Å². The van der Waals surface area contributed by atoms with Crippen molar-refractivity contribution in [2.75, 3.05) is 24.3 Å². The first-order valence-electron chi connectivity index (χ1n) is 7.91. The van der Waals surface area contributed by atoms with Crippen LogP contribution in [0.1, 0.15) is 21.5 Å². The van der Waals surface area contributed by atoms with E-state index >= 15 is 0 Å². The van der Waals surface area contributed by atoms with Crippen molar-refractivity contribution in [1.82, 2.24) is 9.97 Å². The van der Waals surface area contributed by atoms with Crippen LogP contribution in [0, 0.1) is 13.8 Å². The fraction of sp³-hybridized carbons (Fsp3) is 0.211. The zero-order valence-corrected chi connectivity index (χ0v) is 15.5. The fourth-order valence-corrected chi connectivity index (χ4v) is 3.66. The van der Waals surface area contributed by atoms with Crippen LogP contribution >= 0.6 is 11.3 Å². The lowest BCUT2D eigenvalue weighted by molar-refractivity contribution is 0.102. The molecule has 0 saturated carbocycles. The molecule has 0 fully saturated rings. The molecule has 1 aromatic carbocycles. The van der Waals surface area contributed by atoms with E-state index in [4.69, 9.17) is 0 Å². The minimum atomic E-state index is -0.182. The molecule has 0 aliphatic carbocycles. The van der Waals surface area contributed by atoms with Crippen LogP contribution < -0.4 is 10.2 Å². The quantitative estimate of drug-likeness (QED) is 0.767. The average Bonchev–Trinajstić information content (AvgIpc) is 3.03. The first-order chi connectivity index (χ1) is 12.0.